The third-order valence-electron chi connectivity index (χ3n) is 3.01. The zero-order valence-corrected chi connectivity index (χ0v) is 10.8. The van der Waals surface area contributed by atoms with Crippen LogP contribution in [0.15, 0.2) is 0 Å². The normalized spacial score (nSPS) is 26.6. The first-order valence-corrected chi connectivity index (χ1v) is 6.06. The van der Waals surface area contributed by atoms with Gasteiger partial charge >= 0.3 is 0 Å². The molecule has 1 aliphatic rings. The highest BCUT2D eigenvalue weighted by Crippen LogP contribution is 2.22. The number of rotatable bonds is 3. The first-order chi connectivity index (χ1) is 7.39. The van der Waals surface area contributed by atoms with Gasteiger partial charge in [0.05, 0.1) is 17.6 Å². The summed E-state index contributed by atoms with van der Waals surface area (Å²) in [5.41, 5.74) is 5.36. The molecule has 0 radical (unpaired) electrons. The molecule has 1 saturated heterocycles. The van der Waals surface area contributed by atoms with Crippen molar-refractivity contribution in [3.8, 4) is 0 Å². The fourth-order valence-corrected chi connectivity index (χ4v) is 2.32. The molecular weight excluding hydrogens is 204 g/mol. The second-order valence-corrected chi connectivity index (χ2v) is 5.25. The van der Waals surface area contributed by atoms with Crippen molar-refractivity contribution in [2.45, 2.75) is 45.8 Å². The van der Waals surface area contributed by atoms with Crippen molar-refractivity contribution in [1.29, 1.82) is 0 Å². The first kappa shape index (κ1) is 13.5. The third kappa shape index (κ3) is 3.19. The average molecular weight is 228 g/mol. The van der Waals surface area contributed by atoms with Gasteiger partial charge in [-0.25, -0.2) is 0 Å². The molecule has 1 heterocycles. The topological polar surface area (TPSA) is 55.6 Å². The van der Waals surface area contributed by atoms with Gasteiger partial charge in [0.25, 0.3) is 0 Å². The Morgan fingerprint density at radius 2 is 2.25 bits per heavy atom. The van der Waals surface area contributed by atoms with Crippen LogP contribution in [0.3, 0.4) is 0 Å². The van der Waals surface area contributed by atoms with Gasteiger partial charge in [-0.15, -0.1) is 0 Å². The van der Waals surface area contributed by atoms with Gasteiger partial charge in [-0.1, -0.05) is 6.92 Å². The summed E-state index contributed by atoms with van der Waals surface area (Å²) >= 11 is 0. The van der Waals surface area contributed by atoms with Gasteiger partial charge < -0.3 is 15.4 Å². The minimum absolute atomic E-state index is 0.0406. The molecule has 1 aliphatic heterocycles. The molecule has 1 fully saturated rings. The lowest BCUT2D eigenvalue weighted by atomic mass is 10.0. The van der Waals surface area contributed by atoms with Crippen LogP contribution in [0.25, 0.3) is 0 Å². The monoisotopic (exact) mass is 228 g/mol. The van der Waals surface area contributed by atoms with E-state index in [9.17, 15) is 4.79 Å². The number of carbonyl (C=O) groups excluding carboxylic acids is 1. The van der Waals surface area contributed by atoms with Crippen LogP contribution >= 0.6 is 0 Å². The number of hydrogen-bond donors (Lipinski definition) is 1. The summed E-state index contributed by atoms with van der Waals surface area (Å²) in [7, 11) is 0. The van der Waals surface area contributed by atoms with E-state index in [4.69, 9.17) is 10.5 Å². The van der Waals surface area contributed by atoms with Crippen molar-refractivity contribution in [2.75, 3.05) is 19.6 Å². The number of ether oxygens (including phenoxy) is 1. The SMILES string of the molecule is CCC(CN)C(=O)N1CC(C)OC(C)(C)C1. The molecule has 0 aliphatic carbocycles. The molecule has 16 heavy (non-hydrogen) atoms. The molecule has 1 rings (SSSR count). The molecular formula is C12H24N2O2. The van der Waals surface area contributed by atoms with Crippen molar-refractivity contribution >= 4 is 5.91 Å². The average Bonchev–Trinajstić information content (AvgIpc) is 2.16. The molecule has 0 aromatic heterocycles. The summed E-state index contributed by atoms with van der Waals surface area (Å²) in [4.78, 5) is 14.1. The number of carbonyl (C=O) groups is 1. The van der Waals surface area contributed by atoms with Gasteiger partial charge in [-0.3, -0.25) is 4.79 Å². The van der Waals surface area contributed by atoms with Crippen LogP contribution in [0.5, 0.6) is 0 Å². The molecule has 0 saturated carbocycles. The van der Waals surface area contributed by atoms with Crippen molar-refractivity contribution in [3.05, 3.63) is 0 Å². The van der Waals surface area contributed by atoms with Gasteiger partial charge in [0.1, 0.15) is 0 Å². The maximum absolute atomic E-state index is 12.2. The van der Waals surface area contributed by atoms with E-state index in [1.54, 1.807) is 0 Å². The Morgan fingerprint density at radius 1 is 1.62 bits per heavy atom. The van der Waals surface area contributed by atoms with E-state index >= 15 is 0 Å². The van der Waals surface area contributed by atoms with E-state index in [2.05, 4.69) is 0 Å². The van der Waals surface area contributed by atoms with Crippen LogP contribution in [-0.2, 0) is 9.53 Å². The van der Waals surface area contributed by atoms with Crippen molar-refractivity contribution in [2.24, 2.45) is 11.7 Å². The first-order valence-electron chi connectivity index (χ1n) is 6.06. The predicted molar refractivity (Wildman–Crippen MR) is 64.0 cm³/mol. The molecule has 94 valence electrons. The summed E-state index contributed by atoms with van der Waals surface area (Å²) in [6.07, 6.45) is 0.907. The minimum atomic E-state index is -0.250. The molecule has 0 aromatic carbocycles. The molecule has 0 spiro atoms. The highest BCUT2D eigenvalue weighted by Gasteiger charge is 2.35. The Bertz CT molecular complexity index is 249. The van der Waals surface area contributed by atoms with Gasteiger partial charge in [-0.2, -0.15) is 0 Å². The van der Waals surface area contributed by atoms with Gasteiger partial charge in [0.15, 0.2) is 0 Å². The Morgan fingerprint density at radius 3 is 2.69 bits per heavy atom. The highest BCUT2D eigenvalue weighted by atomic mass is 16.5. The Labute approximate surface area is 98.1 Å². The fourth-order valence-electron chi connectivity index (χ4n) is 2.32. The Hall–Kier alpha value is -0.610. The molecule has 4 nitrogen and oxygen atoms in total. The Kier molecular flexibility index (Phi) is 4.33. The van der Waals surface area contributed by atoms with Gasteiger partial charge in [-0.05, 0) is 27.2 Å². The van der Waals surface area contributed by atoms with E-state index in [-0.39, 0.29) is 23.5 Å². The molecule has 1 amide bonds. The zero-order chi connectivity index (χ0) is 12.3. The number of nitrogens with two attached hydrogens (primary N) is 1. The smallest absolute Gasteiger partial charge is 0.227 e. The van der Waals surface area contributed by atoms with Crippen molar-refractivity contribution in [1.82, 2.24) is 4.90 Å². The molecule has 2 N–H and O–H groups in total. The van der Waals surface area contributed by atoms with E-state index in [0.717, 1.165) is 6.42 Å². The van der Waals surface area contributed by atoms with Crippen LogP contribution in [0.4, 0.5) is 0 Å². The van der Waals surface area contributed by atoms with E-state index < -0.39 is 0 Å². The number of hydrogen-bond acceptors (Lipinski definition) is 3. The maximum atomic E-state index is 12.2. The summed E-state index contributed by atoms with van der Waals surface area (Å²) in [5.74, 6) is 0.134. The van der Waals surface area contributed by atoms with Crippen LogP contribution < -0.4 is 5.73 Å². The van der Waals surface area contributed by atoms with Gasteiger partial charge in [0.2, 0.25) is 5.91 Å². The zero-order valence-electron chi connectivity index (χ0n) is 10.8. The largest absolute Gasteiger partial charge is 0.369 e. The van der Waals surface area contributed by atoms with Crippen LogP contribution in [0.2, 0.25) is 0 Å². The van der Waals surface area contributed by atoms with E-state index in [1.807, 2.05) is 32.6 Å². The summed E-state index contributed by atoms with van der Waals surface area (Å²) in [6, 6.07) is 0. The number of morpholine rings is 1. The second kappa shape index (κ2) is 5.15. The summed E-state index contributed by atoms with van der Waals surface area (Å²) < 4.78 is 5.78. The van der Waals surface area contributed by atoms with Crippen molar-refractivity contribution < 1.29 is 9.53 Å². The van der Waals surface area contributed by atoms with Crippen LogP contribution in [0, 0.1) is 5.92 Å². The Balaban J connectivity index is 2.69. The standard InChI is InChI=1S/C12H24N2O2/c1-5-10(6-13)11(15)14-7-9(2)16-12(3,4)8-14/h9-10H,5-8,13H2,1-4H3. The molecule has 0 aromatic rings. The quantitative estimate of drug-likeness (QED) is 0.784. The molecule has 2 atom stereocenters. The van der Waals surface area contributed by atoms with Crippen LogP contribution in [-0.4, -0.2) is 42.1 Å². The third-order valence-corrected chi connectivity index (χ3v) is 3.01. The lowest BCUT2D eigenvalue weighted by Gasteiger charge is -2.42. The minimum Gasteiger partial charge on any atom is -0.369 e. The molecule has 0 bridgehead atoms. The highest BCUT2D eigenvalue weighted by molar-refractivity contribution is 5.79. The van der Waals surface area contributed by atoms with E-state index in [1.165, 1.54) is 0 Å². The predicted octanol–water partition coefficient (Wildman–Crippen LogP) is 0.997. The second-order valence-electron chi connectivity index (χ2n) is 5.25. The van der Waals surface area contributed by atoms with Crippen molar-refractivity contribution in [3.63, 3.8) is 0 Å². The maximum Gasteiger partial charge on any atom is 0.227 e. The lowest BCUT2D eigenvalue weighted by molar-refractivity contribution is -0.161. The summed E-state index contributed by atoms with van der Waals surface area (Å²) in [5, 5.41) is 0. The lowest BCUT2D eigenvalue weighted by Crippen LogP contribution is -2.55. The van der Waals surface area contributed by atoms with Gasteiger partial charge in [0, 0.05) is 19.6 Å². The fraction of sp³-hybridized carbons (Fsp3) is 0.917. The van der Waals surface area contributed by atoms with E-state index in [0.29, 0.717) is 19.6 Å². The number of nitrogens with zero attached hydrogens (tertiary/aromatic N) is 1. The molecule has 4 heteroatoms. The number of amides is 1. The molecule has 2 unspecified atom stereocenters. The summed E-state index contributed by atoms with van der Waals surface area (Å²) in [6.45, 7) is 9.82. The van der Waals surface area contributed by atoms with Crippen LogP contribution in [0.1, 0.15) is 34.1 Å².